The molecule has 162 valence electrons. The lowest BCUT2D eigenvalue weighted by Crippen LogP contribution is -2.41. The molecule has 1 fully saturated rings. The van der Waals surface area contributed by atoms with Crippen LogP contribution in [0.3, 0.4) is 0 Å². The van der Waals surface area contributed by atoms with Crippen LogP contribution in [-0.4, -0.2) is 36.8 Å². The summed E-state index contributed by atoms with van der Waals surface area (Å²) in [6, 6.07) is 9.83. The number of benzene rings is 2. The monoisotopic (exact) mass is 443 g/mol. The fourth-order valence-electron chi connectivity index (χ4n) is 4.09. The van der Waals surface area contributed by atoms with Crippen molar-refractivity contribution in [2.24, 2.45) is 0 Å². The van der Waals surface area contributed by atoms with E-state index in [1.807, 2.05) is 13.0 Å². The molecule has 0 radical (unpaired) electrons. The number of hydrogen-bond acceptors (Lipinski definition) is 5. The Balaban J connectivity index is 1.76. The molecule has 1 atom stereocenters. The van der Waals surface area contributed by atoms with Crippen molar-refractivity contribution in [1.29, 1.82) is 0 Å². The van der Waals surface area contributed by atoms with Gasteiger partial charge in [0.1, 0.15) is 11.4 Å². The van der Waals surface area contributed by atoms with Gasteiger partial charge in [-0.25, -0.2) is 12.8 Å². The number of hydrogen-bond donors (Lipinski definition) is 0. The minimum absolute atomic E-state index is 0.00901. The van der Waals surface area contributed by atoms with Gasteiger partial charge in [0.25, 0.3) is 5.91 Å². The predicted octanol–water partition coefficient (Wildman–Crippen LogP) is 3.38. The Labute approximate surface area is 179 Å². The topological polar surface area (TPSA) is 84.7 Å². The highest BCUT2D eigenvalue weighted by Crippen LogP contribution is 2.24. The zero-order valence-corrected chi connectivity index (χ0v) is 18.0. The van der Waals surface area contributed by atoms with Crippen LogP contribution in [-0.2, 0) is 16.4 Å². The first kappa shape index (κ1) is 21.2. The van der Waals surface area contributed by atoms with Gasteiger partial charge >= 0.3 is 0 Å². The van der Waals surface area contributed by atoms with Crippen molar-refractivity contribution in [3.63, 3.8) is 0 Å². The van der Waals surface area contributed by atoms with E-state index >= 15 is 0 Å². The number of amides is 1. The van der Waals surface area contributed by atoms with E-state index in [1.54, 1.807) is 25.1 Å². The summed E-state index contributed by atoms with van der Waals surface area (Å²) >= 11 is 0. The maximum atomic E-state index is 13.4. The Kier molecular flexibility index (Phi) is 5.43. The van der Waals surface area contributed by atoms with Gasteiger partial charge in [-0.15, -0.1) is 0 Å². The largest absolute Gasteiger partial charge is 0.451 e. The SMILES string of the molecule is Cc1cc(C)c2c(=O)cc(C(=O)N(Cc3ccc(F)cc3)[C@@H]3CCS(=O)(=O)C3)oc2c1. The molecule has 1 aromatic heterocycles. The minimum atomic E-state index is -3.26. The molecule has 1 saturated heterocycles. The molecule has 1 amide bonds. The van der Waals surface area contributed by atoms with Crippen molar-refractivity contribution in [3.05, 3.63) is 81.0 Å². The van der Waals surface area contributed by atoms with Gasteiger partial charge in [-0.05, 0) is 55.2 Å². The number of aryl methyl sites for hydroxylation is 2. The summed E-state index contributed by atoms with van der Waals surface area (Å²) in [6.07, 6.45) is 0.297. The lowest BCUT2D eigenvalue weighted by Gasteiger charge is -2.28. The van der Waals surface area contributed by atoms with Gasteiger partial charge in [-0.3, -0.25) is 9.59 Å². The van der Waals surface area contributed by atoms with Crippen LogP contribution in [0.4, 0.5) is 4.39 Å². The molecular formula is C23H22FNO5S. The number of carbonyl (C=O) groups is 1. The molecule has 1 aliphatic heterocycles. The summed E-state index contributed by atoms with van der Waals surface area (Å²) in [5.41, 5.74) is 2.28. The minimum Gasteiger partial charge on any atom is -0.451 e. The highest BCUT2D eigenvalue weighted by atomic mass is 32.2. The Hall–Kier alpha value is -3.00. The second kappa shape index (κ2) is 7.92. The average Bonchev–Trinajstić information content (AvgIpc) is 3.05. The molecule has 0 aliphatic carbocycles. The lowest BCUT2D eigenvalue weighted by molar-refractivity contribution is 0.0648. The van der Waals surface area contributed by atoms with Crippen molar-refractivity contribution < 1.29 is 22.0 Å². The van der Waals surface area contributed by atoms with Crippen LogP contribution in [0.1, 0.15) is 33.7 Å². The molecule has 4 rings (SSSR count). The van der Waals surface area contributed by atoms with Crippen LogP contribution in [0.25, 0.3) is 11.0 Å². The summed E-state index contributed by atoms with van der Waals surface area (Å²) in [5, 5.41) is 0.413. The molecular weight excluding hydrogens is 421 g/mol. The van der Waals surface area contributed by atoms with Gasteiger partial charge in [0, 0.05) is 18.7 Å². The van der Waals surface area contributed by atoms with Gasteiger partial charge < -0.3 is 9.32 Å². The molecule has 0 unspecified atom stereocenters. The zero-order valence-electron chi connectivity index (χ0n) is 17.2. The van der Waals surface area contributed by atoms with E-state index in [-0.39, 0.29) is 29.2 Å². The third kappa shape index (κ3) is 4.39. The standard InChI is InChI=1S/C23H22FNO5S/c1-14-9-15(2)22-19(26)11-21(30-20(22)10-14)23(27)25(18-7-8-31(28,29)13-18)12-16-3-5-17(24)6-4-16/h3-6,9-11,18H,7-8,12-13H2,1-2H3/t18-/m1/s1. The highest BCUT2D eigenvalue weighted by Gasteiger charge is 2.36. The summed E-state index contributed by atoms with van der Waals surface area (Å²) in [4.78, 5) is 27.5. The normalized spacial score (nSPS) is 17.7. The molecule has 0 bridgehead atoms. The van der Waals surface area contributed by atoms with Crippen LogP contribution < -0.4 is 5.43 Å². The second-order valence-electron chi connectivity index (χ2n) is 8.05. The third-order valence-electron chi connectivity index (χ3n) is 5.56. The molecule has 8 heteroatoms. The number of rotatable bonds is 4. The number of nitrogens with zero attached hydrogens (tertiary/aromatic N) is 1. The number of halogens is 1. The van der Waals surface area contributed by atoms with Gasteiger partial charge in [-0.2, -0.15) is 0 Å². The zero-order chi connectivity index (χ0) is 22.3. The maximum absolute atomic E-state index is 13.4. The highest BCUT2D eigenvalue weighted by molar-refractivity contribution is 7.91. The van der Waals surface area contributed by atoms with E-state index in [1.165, 1.54) is 17.0 Å². The summed E-state index contributed by atoms with van der Waals surface area (Å²) in [7, 11) is -3.26. The number of carbonyl (C=O) groups excluding carboxylic acids is 1. The first-order chi connectivity index (χ1) is 14.6. The Morgan fingerprint density at radius 2 is 1.87 bits per heavy atom. The van der Waals surface area contributed by atoms with E-state index in [0.29, 0.717) is 23.0 Å². The van der Waals surface area contributed by atoms with Crippen LogP contribution in [0, 0.1) is 19.7 Å². The Morgan fingerprint density at radius 1 is 1.16 bits per heavy atom. The number of sulfone groups is 1. The smallest absolute Gasteiger partial charge is 0.290 e. The molecule has 3 aromatic rings. The third-order valence-corrected chi connectivity index (χ3v) is 7.31. The summed E-state index contributed by atoms with van der Waals surface area (Å²) in [5.74, 6) is -1.28. The van der Waals surface area contributed by atoms with E-state index < -0.39 is 27.6 Å². The first-order valence-corrected chi connectivity index (χ1v) is 11.8. The first-order valence-electron chi connectivity index (χ1n) is 9.94. The molecule has 0 spiro atoms. The summed E-state index contributed by atoms with van der Waals surface area (Å²) in [6.45, 7) is 3.75. The Morgan fingerprint density at radius 3 is 2.52 bits per heavy atom. The van der Waals surface area contributed by atoms with Crippen molar-refractivity contribution in [3.8, 4) is 0 Å². The Bertz CT molecular complexity index is 1330. The van der Waals surface area contributed by atoms with Crippen molar-refractivity contribution >= 4 is 26.7 Å². The van der Waals surface area contributed by atoms with Gasteiger partial charge in [-0.1, -0.05) is 18.2 Å². The molecule has 0 saturated carbocycles. The van der Waals surface area contributed by atoms with E-state index in [0.717, 1.165) is 17.2 Å². The fraction of sp³-hybridized carbons (Fsp3) is 0.304. The quantitative estimate of drug-likeness (QED) is 0.617. The second-order valence-corrected chi connectivity index (χ2v) is 10.3. The molecule has 31 heavy (non-hydrogen) atoms. The molecule has 2 aromatic carbocycles. The predicted molar refractivity (Wildman–Crippen MR) is 115 cm³/mol. The van der Waals surface area contributed by atoms with E-state index in [2.05, 4.69) is 0 Å². The molecule has 2 heterocycles. The summed E-state index contributed by atoms with van der Waals surface area (Å²) < 4.78 is 43.2. The van der Waals surface area contributed by atoms with Gasteiger partial charge in [0.2, 0.25) is 0 Å². The number of fused-ring (bicyclic) bond motifs is 1. The van der Waals surface area contributed by atoms with Crippen LogP contribution >= 0.6 is 0 Å². The van der Waals surface area contributed by atoms with E-state index in [9.17, 15) is 22.4 Å². The molecule has 1 aliphatic rings. The molecule has 0 N–H and O–H groups in total. The van der Waals surface area contributed by atoms with Crippen LogP contribution in [0.2, 0.25) is 0 Å². The lowest BCUT2D eigenvalue weighted by atomic mass is 10.1. The van der Waals surface area contributed by atoms with Crippen LogP contribution in [0.5, 0.6) is 0 Å². The molecule has 6 nitrogen and oxygen atoms in total. The fourth-order valence-corrected chi connectivity index (χ4v) is 5.82. The van der Waals surface area contributed by atoms with Crippen molar-refractivity contribution in [2.45, 2.75) is 32.9 Å². The van der Waals surface area contributed by atoms with Gasteiger partial charge in [0.05, 0.1) is 16.9 Å². The van der Waals surface area contributed by atoms with Crippen molar-refractivity contribution in [1.82, 2.24) is 4.90 Å². The van der Waals surface area contributed by atoms with Gasteiger partial charge in [0.15, 0.2) is 21.0 Å². The van der Waals surface area contributed by atoms with E-state index in [4.69, 9.17) is 4.42 Å². The van der Waals surface area contributed by atoms with Crippen LogP contribution in [0.15, 0.2) is 51.7 Å². The average molecular weight is 443 g/mol. The van der Waals surface area contributed by atoms with Crippen molar-refractivity contribution in [2.75, 3.05) is 11.5 Å². The maximum Gasteiger partial charge on any atom is 0.290 e.